The minimum Gasteiger partial charge on any atom is -0.351 e. The fraction of sp³-hybridized carbons (Fsp3) is 0.500. The normalized spacial score (nSPS) is 12.3. The third kappa shape index (κ3) is 6.06. The molecule has 0 aromatic heterocycles. The second-order valence-electron chi connectivity index (χ2n) is 5.58. The van der Waals surface area contributed by atoms with E-state index in [0.29, 0.717) is 5.56 Å². The highest BCUT2D eigenvalue weighted by Crippen LogP contribution is 2.29. The number of hydrogen-bond acceptors (Lipinski definition) is 2. The molecule has 2 N–H and O–H groups in total. The molecule has 0 unspecified atom stereocenters. The molecule has 1 aromatic carbocycles. The third-order valence-electron chi connectivity index (χ3n) is 2.52. The van der Waals surface area contributed by atoms with Gasteiger partial charge in [0.05, 0.1) is 12.1 Å². The second kappa shape index (κ2) is 6.26. The molecule has 0 atom stereocenters. The van der Waals surface area contributed by atoms with Crippen molar-refractivity contribution in [3.05, 3.63) is 35.4 Å². The monoisotopic (exact) mass is 288 g/mol. The summed E-state index contributed by atoms with van der Waals surface area (Å²) in [4.78, 5) is 11.5. The highest BCUT2D eigenvalue weighted by molar-refractivity contribution is 5.78. The Hall–Kier alpha value is -1.56. The van der Waals surface area contributed by atoms with E-state index < -0.39 is 11.7 Å². The number of hydrogen-bond donors (Lipinski definition) is 2. The lowest BCUT2D eigenvalue weighted by molar-refractivity contribution is -0.137. The molecule has 0 saturated carbocycles. The van der Waals surface area contributed by atoms with Gasteiger partial charge in [0, 0.05) is 12.1 Å². The maximum absolute atomic E-state index is 12.5. The van der Waals surface area contributed by atoms with Crippen LogP contribution in [-0.4, -0.2) is 18.0 Å². The van der Waals surface area contributed by atoms with Gasteiger partial charge in [-0.15, -0.1) is 0 Å². The predicted molar refractivity (Wildman–Crippen MR) is 71.0 cm³/mol. The van der Waals surface area contributed by atoms with Crippen LogP contribution in [0, 0.1) is 0 Å². The van der Waals surface area contributed by atoms with Crippen LogP contribution in [0.5, 0.6) is 0 Å². The summed E-state index contributed by atoms with van der Waals surface area (Å²) in [5.74, 6) is -0.252. The molecule has 0 aliphatic heterocycles. The fourth-order valence-electron chi connectivity index (χ4n) is 1.47. The number of carbonyl (C=O) groups excluding carboxylic acids is 1. The van der Waals surface area contributed by atoms with Crippen LogP contribution in [0.3, 0.4) is 0 Å². The van der Waals surface area contributed by atoms with Gasteiger partial charge in [-0.3, -0.25) is 4.79 Å². The number of benzene rings is 1. The summed E-state index contributed by atoms with van der Waals surface area (Å²) in [6, 6.07) is 4.92. The van der Waals surface area contributed by atoms with Gasteiger partial charge >= 0.3 is 6.18 Å². The molecule has 1 amide bonds. The lowest BCUT2D eigenvalue weighted by Gasteiger charge is -2.20. The van der Waals surface area contributed by atoms with Crippen LogP contribution < -0.4 is 10.6 Å². The van der Waals surface area contributed by atoms with Crippen LogP contribution in [0.2, 0.25) is 0 Å². The molecule has 0 aliphatic carbocycles. The molecule has 3 nitrogen and oxygen atoms in total. The van der Waals surface area contributed by atoms with Crippen LogP contribution in [-0.2, 0) is 17.5 Å². The minimum atomic E-state index is -4.37. The molecule has 0 fully saturated rings. The van der Waals surface area contributed by atoms with Crippen molar-refractivity contribution in [2.24, 2.45) is 0 Å². The molecule has 1 rings (SSSR count). The molecule has 0 heterocycles. The molecule has 1 aromatic rings. The van der Waals surface area contributed by atoms with Gasteiger partial charge < -0.3 is 10.6 Å². The number of amides is 1. The number of nitrogens with one attached hydrogen (secondary N) is 2. The Morgan fingerprint density at radius 3 is 2.40 bits per heavy atom. The Balaban J connectivity index is 2.52. The SMILES string of the molecule is CC(C)(C)NCC(=O)NCc1cccc(C(F)(F)F)c1. The van der Waals surface area contributed by atoms with Crippen molar-refractivity contribution < 1.29 is 18.0 Å². The standard InChI is InChI=1S/C14H19F3N2O/c1-13(2,3)19-9-12(20)18-8-10-5-4-6-11(7-10)14(15,16)17/h4-7,19H,8-9H2,1-3H3,(H,18,20). The highest BCUT2D eigenvalue weighted by atomic mass is 19.4. The number of carbonyl (C=O) groups is 1. The van der Waals surface area contributed by atoms with Gasteiger partial charge in [-0.25, -0.2) is 0 Å². The first-order valence-corrected chi connectivity index (χ1v) is 6.26. The first-order chi connectivity index (χ1) is 9.08. The van der Waals surface area contributed by atoms with Gasteiger partial charge in [-0.2, -0.15) is 13.2 Å². The number of rotatable bonds is 4. The maximum Gasteiger partial charge on any atom is 0.416 e. The summed E-state index contributed by atoms with van der Waals surface area (Å²) in [6.07, 6.45) is -4.37. The molecule has 0 spiro atoms. The zero-order valence-corrected chi connectivity index (χ0v) is 11.8. The van der Waals surface area contributed by atoms with E-state index in [0.717, 1.165) is 12.1 Å². The molecule has 0 radical (unpaired) electrons. The zero-order valence-electron chi connectivity index (χ0n) is 11.8. The van der Waals surface area contributed by atoms with Gasteiger partial charge in [-0.05, 0) is 38.5 Å². The summed E-state index contributed by atoms with van der Waals surface area (Å²) in [5, 5.41) is 5.58. The van der Waals surface area contributed by atoms with Crippen molar-refractivity contribution >= 4 is 5.91 Å². The fourth-order valence-corrected chi connectivity index (χ4v) is 1.47. The van der Waals surface area contributed by atoms with Gasteiger partial charge in [0.25, 0.3) is 0 Å². The van der Waals surface area contributed by atoms with Gasteiger partial charge in [-0.1, -0.05) is 12.1 Å². The number of alkyl halides is 3. The van der Waals surface area contributed by atoms with E-state index in [2.05, 4.69) is 10.6 Å². The third-order valence-corrected chi connectivity index (χ3v) is 2.52. The zero-order chi connectivity index (χ0) is 15.4. The highest BCUT2D eigenvalue weighted by Gasteiger charge is 2.30. The van der Waals surface area contributed by atoms with Crippen LogP contribution in [0.4, 0.5) is 13.2 Å². The average Bonchev–Trinajstić information content (AvgIpc) is 2.32. The summed E-state index contributed by atoms with van der Waals surface area (Å²) in [6.45, 7) is 5.98. The topological polar surface area (TPSA) is 41.1 Å². The van der Waals surface area contributed by atoms with Crippen LogP contribution in [0.1, 0.15) is 31.9 Å². The Bertz CT molecular complexity index is 464. The lowest BCUT2D eigenvalue weighted by Crippen LogP contribution is -2.43. The Kier molecular flexibility index (Phi) is 5.16. The quantitative estimate of drug-likeness (QED) is 0.894. The van der Waals surface area contributed by atoms with Crippen molar-refractivity contribution in [2.75, 3.05) is 6.54 Å². The van der Waals surface area contributed by atoms with Crippen molar-refractivity contribution in [3.8, 4) is 0 Å². The Morgan fingerprint density at radius 1 is 1.20 bits per heavy atom. The predicted octanol–water partition coefficient (Wildman–Crippen LogP) is 2.71. The van der Waals surface area contributed by atoms with E-state index in [1.807, 2.05) is 20.8 Å². The average molecular weight is 288 g/mol. The van der Waals surface area contributed by atoms with E-state index in [-0.39, 0.29) is 24.5 Å². The van der Waals surface area contributed by atoms with Gasteiger partial charge in [0.1, 0.15) is 0 Å². The van der Waals surface area contributed by atoms with Crippen molar-refractivity contribution in [3.63, 3.8) is 0 Å². The maximum atomic E-state index is 12.5. The van der Waals surface area contributed by atoms with Crippen LogP contribution >= 0.6 is 0 Å². The number of halogens is 3. The van der Waals surface area contributed by atoms with Crippen molar-refractivity contribution in [1.29, 1.82) is 0 Å². The smallest absolute Gasteiger partial charge is 0.351 e. The van der Waals surface area contributed by atoms with Crippen LogP contribution in [0.15, 0.2) is 24.3 Å². The van der Waals surface area contributed by atoms with E-state index in [1.54, 1.807) is 6.07 Å². The molecule has 20 heavy (non-hydrogen) atoms. The molecule has 6 heteroatoms. The molecule has 0 saturated heterocycles. The van der Waals surface area contributed by atoms with E-state index in [4.69, 9.17) is 0 Å². The van der Waals surface area contributed by atoms with E-state index >= 15 is 0 Å². The first-order valence-electron chi connectivity index (χ1n) is 6.26. The molecule has 0 aliphatic rings. The largest absolute Gasteiger partial charge is 0.416 e. The molecule has 112 valence electrons. The molecular weight excluding hydrogens is 269 g/mol. The minimum absolute atomic E-state index is 0.0780. The second-order valence-corrected chi connectivity index (χ2v) is 5.58. The van der Waals surface area contributed by atoms with E-state index in [9.17, 15) is 18.0 Å². The van der Waals surface area contributed by atoms with Crippen molar-refractivity contribution in [1.82, 2.24) is 10.6 Å². The first kappa shape index (κ1) is 16.5. The summed E-state index contributed by atoms with van der Waals surface area (Å²) >= 11 is 0. The summed E-state index contributed by atoms with van der Waals surface area (Å²) < 4.78 is 37.6. The Morgan fingerprint density at radius 2 is 1.85 bits per heavy atom. The van der Waals surface area contributed by atoms with Crippen molar-refractivity contribution in [2.45, 2.75) is 39.0 Å². The summed E-state index contributed by atoms with van der Waals surface area (Å²) in [7, 11) is 0. The van der Waals surface area contributed by atoms with E-state index in [1.165, 1.54) is 6.07 Å². The molecular formula is C14H19F3N2O. The lowest BCUT2D eigenvalue weighted by atomic mass is 10.1. The summed E-state index contributed by atoms with van der Waals surface area (Å²) in [5.41, 5.74) is -0.478. The van der Waals surface area contributed by atoms with Gasteiger partial charge in [0.2, 0.25) is 5.91 Å². The van der Waals surface area contributed by atoms with Gasteiger partial charge in [0.15, 0.2) is 0 Å². The Labute approximate surface area is 116 Å². The molecule has 0 bridgehead atoms. The van der Waals surface area contributed by atoms with Crippen LogP contribution in [0.25, 0.3) is 0 Å².